The van der Waals surface area contributed by atoms with Crippen LogP contribution >= 0.6 is 0 Å². The molecule has 1 aromatic carbocycles. The molecule has 0 heterocycles. The third-order valence-electron chi connectivity index (χ3n) is 2.56. The van der Waals surface area contributed by atoms with Crippen LogP contribution in [-0.2, 0) is 11.2 Å². The minimum Gasteiger partial charge on any atom is -0.493 e. The average molecular weight is 275 g/mol. The molecule has 3 N–H and O–H groups in total. The molecule has 0 radical (unpaired) electrons. The molecular weight excluding hydrogens is 260 g/mol. The molecule has 0 aromatic heterocycles. The summed E-state index contributed by atoms with van der Waals surface area (Å²) >= 11 is 0. The van der Waals surface area contributed by atoms with Crippen LogP contribution in [0.25, 0.3) is 0 Å². The third-order valence-corrected chi connectivity index (χ3v) is 2.56. The van der Waals surface area contributed by atoms with Crippen molar-refractivity contribution in [2.75, 3.05) is 13.7 Å². The Bertz CT molecular complexity index is 440. The topological polar surface area (TPSA) is 81.8 Å². The highest BCUT2D eigenvalue weighted by Gasteiger charge is 2.18. The number of ether oxygens (including phenoxy) is 2. The van der Waals surface area contributed by atoms with Crippen molar-refractivity contribution in [2.45, 2.75) is 13.0 Å². The molecule has 0 amide bonds. The third kappa shape index (κ3) is 4.36. The Morgan fingerprint density at radius 3 is 2.58 bits per heavy atom. The Labute approximate surface area is 108 Å². The summed E-state index contributed by atoms with van der Waals surface area (Å²) < 4.78 is 33.7. The van der Waals surface area contributed by atoms with E-state index in [9.17, 15) is 13.6 Å². The number of halogens is 2. The van der Waals surface area contributed by atoms with Gasteiger partial charge in [0.15, 0.2) is 11.5 Å². The number of methoxy groups -OCH3 is 1. The Hall–Kier alpha value is -1.89. The smallest absolute Gasteiger partial charge is 0.387 e. The quantitative estimate of drug-likeness (QED) is 0.788. The number of aliphatic carboxylic acids is 1. The van der Waals surface area contributed by atoms with E-state index in [-0.39, 0.29) is 24.5 Å². The van der Waals surface area contributed by atoms with E-state index >= 15 is 0 Å². The van der Waals surface area contributed by atoms with Gasteiger partial charge in [0.2, 0.25) is 0 Å². The Balaban J connectivity index is 2.94. The first-order chi connectivity index (χ1) is 8.97. The predicted molar refractivity (Wildman–Crippen MR) is 63.5 cm³/mol. The number of rotatable bonds is 7. The number of alkyl halides is 2. The fourth-order valence-electron chi connectivity index (χ4n) is 1.59. The van der Waals surface area contributed by atoms with Gasteiger partial charge in [-0.05, 0) is 24.1 Å². The van der Waals surface area contributed by atoms with Gasteiger partial charge in [0.25, 0.3) is 0 Å². The van der Waals surface area contributed by atoms with Crippen molar-refractivity contribution in [1.82, 2.24) is 0 Å². The van der Waals surface area contributed by atoms with E-state index in [2.05, 4.69) is 4.74 Å². The van der Waals surface area contributed by atoms with Gasteiger partial charge in [-0.15, -0.1) is 0 Å². The number of carbonyl (C=O) groups is 1. The van der Waals surface area contributed by atoms with E-state index in [0.717, 1.165) is 0 Å². The maximum Gasteiger partial charge on any atom is 0.387 e. The van der Waals surface area contributed by atoms with Crippen LogP contribution < -0.4 is 15.2 Å². The van der Waals surface area contributed by atoms with E-state index in [4.69, 9.17) is 15.6 Å². The minimum atomic E-state index is -2.98. The van der Waals surface area contributed by atoms with Gasteiger partial charge < -0.3 is 20.3 Å². The summed E-state index contributed by atoms with van der Waals surface area (Å²) in [6.45, 7) is -3.01. The molecule has 1 rings (SSSR count). The summed E-state index contributed by atoms with van der Waals surface area (Å²) in [5, 5.41) is 8.89. The van der Waals surface area contributed by atoms with Crippen LogP contribution in [-0.4, -0.2) is 31.3 Å². The number of hydrogen-bond acceptors (Lipinski definition) is 4. The van der Waals surface area contributed by atoms with E-state index < -0.39 is 18.5 Å². The van der Waals surface area contributed by atoms with Gasteiger partial charge in [0.05, 0.1) is 13.0 Å². The van der Waals surface area contributed by atoms with Gasteiger partial charge in [-0.3, -0.25) is 4.79 Å². The van der Waals surface area contributed by atoms with E-state index in [1.54, 1.807) is 6.07 Å². The number of carboxylic acids is 1. The zero-order valence-electron chi connectivity index (χ0n) is 10.3. The molecule has 1 aromatic rings. The van der Waals surface area contributed by atoms with Crippen molar-refractivity contribution in [3.63, 3.8) is 0 Å². The Morgan fingerprint density at radius 2 is 2.11 bits per heavy atom. The van der Waals surface area contributed by atoms with Crippen LogP contribution in [0.2, 0.25) is 0 Å². The largest absolute Gasteiger partial charge is 0.493 e. The van der Waals surface area contributed by atoms with Gasteiger partial charge in [0, 0.05) is 6.54 Å². The summed E-state index contributed by atoms with van der Waals surface area (Å²) in [6, 6.07) is 4.36. The molecule has 0 aliphatic carbocycles. The van der Waals surface area contributed by atoms with E-state index in [1.165, 1.54) is 19.2 Å². The van der Waals surface area contributed by atoms with Crippen molar-refractivity contribution < 1.29 is 28.2 Å². The Kier molecular flexibility index (Phi) is 5.50. The van der Waals surface area contributed by atoms with Gasteiger partial charge in [-0.1, -0.05) is 6.07 Å². The lowest BCUT2D eigenvalue weighted by Crippen LogP contribution is -2.25. The van der Waals surface area contributed by atoms with Crippen molar-refractivity contribution in [2.24, 2.45) is 11.7 Å². The fourth-order valence-corrected chi connectivity index (χ4v) is 1.59. The van der Waals surface area contributed by atoms with E-state index in [0.29, 0.717) is 5.56 Å². The van der Waals surface area contributed by atoms with Crippen molar-refractivity contribution >= 4 is 5.97 Å². The molecule has 7 heteroatoms. The number of carboxylic acid groups (broad SMARTS) is 1. The number of nitrogens with two attached hydrogens (primary N) is 1. The summed E-state index contributed by atoms with van der Waals surface area (Å²) in [5.74, 6) is -1.78. The summed E-state index contributed by atoms with van der Waals surface area (Å²) in [4.78, 5) is 10.9. The monoisotopic (exact) mass is 275 g/mol. The van der Waals surface area contributed by atoms with Gasteiger partial charge >= 0.3 is 12.6 Å². The molecule has 1 atom stereocenters. The lowest BCUT2D eigenvalue weighted by molar-refractivity contribution is -0.141. The maximum absolute atomic E-state index is 12.2. The number of hydrogen-bond donors (Lipinski definition) is 2. The molecule has 0 fully saturated rings. The standard InChI is InChI=1S/C12H15F2NO4/c1-18-9-3-2-7(4-8(6-15)11(16)17)5-10(9)19-12(13)14/h2-3,5,8,12H,4,6,15H2,1H3,(H,16,17). The molecular formula is C12H15F2NO4. The van der Waals surface area contributed by atoms with E-state index in [1.807, 2.05) is 0 Å². The van der Waals surface area contributed by atoms with Crippen molar-refractivity contribution in [1.29, 1.82) is 0 Å². The number of benzene rings is 1. The molecule has 0 spiro atoms. The van der Waals surface area contributed by atoms with Crippen LogP contribution in [0.5, 0.6) is 11.5 Å². The summed E-state index contributed by atoms with van der Waals surface area (Å²) in [5.41, 5.74) is 5.88. The predicted octanol–water partition coefficient (Wildman–Crippen LogP) is 1.50. The molecule has 106 valence electrons. The lowest BCUT2D eigenvalue weighted by Gasteiger charge is -2.13. The molecule has 0 saturated carbocycles. The molecule has 19 heavy (non-hydrogen) atoms. The summed E-state index contributed by atoms with van der Waals surface area (Å²) in [6.07, 6.45) is 0.134. The molecule has 0 bridgehead atoms. The first-order valence-electron chi connectivity index (χ1n) is 5.52. The van der Waals surface area contributed by atoms with Crippen molar-refractivity contribution in [3.05, 3.63) is 23.8 Å². The fraction of sp³-hybridized carbons (Fsp3) is 0.417. The second-order valence-corrected chi connectivity index (χ2v) is 3.84. The molecule has 0 aliphatic rings. The zero-order chi connectivity index (χ0) is 14.4. The van der Waals surface area contributed by atoms with Crippen LogP contribution in [0.1, 0.15) is 5.56 Å². The van der Waals surface area contributed by atoms with Gasteiger partial charge in [-0.2, -0.15) is 8.78 Å². The van der Waals surface area contributed by atoms with Crippen LogP contribution in [0.4, 0.5) is 8.78 Å². The first kappa shape index (κ1) is 15.2. The highest BCUT2D eigenvalue weighted by molar-refractivity contribution is 5.70. The normalized spacial score (nSPS) is 12.3. The second-order valence-electron chi connectivity index (χ2n) is 3.84. The second kappa shape index (κ2) is 6.89. The molecule has 5 nitrogen and oxygen atoms in total. The minimum absolute atomic E-state index is 0.0353. The van der Waals surface area contributed by atoms with Crippen LogP contribution in [0, 0.1) is 5.92 Å². The lowest BCUT2D eigenvalue weighted by atomic mass is 9.99. The highest BCUT2D eigenvalue weighted by Crippen LogP contribution is 2.30. The maximum atomic E-state index is 12.2. The molecule has 0 aliphatic heterocycles. The molecule has 1 unspecified atom stereocenters. The molecule has 0 saturated heterocycles. The Morgan fingerprint density at radius 1 is 1.42 bits per heavy atom. The van der Waals surface area contributed by atoms with Gasteiger partial charge in [0.1, 0.15) is 0 Å². The summed E-state index contributed by atoms with van der Waals surface area (Å²) in [7, 11) is 1.33. The van der Waals surface area contributed by atoms with Crippen molar-refractivity contribution in [3.8, 4) is 11.5 Å². The zero-order valence-corrected chi connectivity index (χ0v) is 10.3. The SMILES string of the molecule is COc1ccc(CC(CN)C(=O)O)cc1OC(F)F. The first-order valence-corrected chi connectivity index (χ1v) is 5.52. The van der Waals surface area contributed by atoms with Crippen LogP contribution in [0.3, 0.4) is 0 Å². The van der Waals surface area contributed by atoms with Crippen LogP contribution in [0.15, 0.2) is 18.2 Å². The van der Waals surface area contributed by atoms with Gasteiger partial charge in [-0.25, -0.2) is 0 Å². The average Bonchev–Trinajstić information content (AvgIpc) is 2.35. The highest BCUT2D eigenvalue weighted by atomic mass is 19.3.